The average Bonchev–Trinajstić information content (AvgIpc) is 3.18. The highest BCUT2D eigenvalue weighted by molar-refractivity contribution is 7.21. The normalized spacial score (nSPS) is 13.7. The summed E-state index contributed by atoms with van der Waals surface area (Å²) in [5.74, 6) is 0.252. The first kappa shape index (κ1) is 21.9. The van der Waals surface area contributed by atoms with Crippen LogP contribution >= 0.6 is 22.7 Å². The van der Waals surface area contributed by atoms with Gasteiger partial charge in [0.1, 0.15) is 16.5 Å². The van der Waals surface area contributed by atoms with Crippen molar-refractivity contribution < 1.29 is 9.18 Å². The van der Waals surface area contributed by atoms with Crippen LogP contribution in [0.4, 0.5) is 9.52 Å². The number of nitrogens with zero attached hydrogens (tertiary/aromatic N) is 3. The number of thiazole rings is 1. The molecule has 33 heavy (non-hydrogen) atoms. The van der Waals surface area contributed by atoms with Gasteiger partial charge in [0.05, 0.1) is 16.0 Å². The monoisotopic (exact) mass is 482 g/mol. The summed E-state index contributed by atoms with van der Waals surface area (Å²) >= 11 is 2.59. The molecule has 1 aliphatic heterocycles. The van der Waals surface area contributed by atoms with Crippen molar-refractivity contribution in [2.45, 2.75) is 52.5 Å². The Hall–Kier alpha value is -2.91. The molecule has 4 heterocycles. The maximum atomic E-state index is 14.0. The Bertz CT molecular complexity index is 1440. The number of fused-ring (bicyclic) bond motifs is 2. The first-order valence-corrected chi connectivity index (χ1v) is 12.6. The molecule has 9 heteroatoms. The summed E-state index contributed by atoms with van der Waals surface area (Å²) in [6.45, 7) is 4.33. The average molecular weight is 483 g/mol. The van der Waals surface area contributed by atoms with Crippen molar-refractivity contribution in [3.63, 3.8) is 0 Å². The summed E-state index contributed by atoms with van der Waals surface area (Å²) in [5, 5.41) is 3.86. The third-order valence-electron chi connectivity index (χ3n) is 6.04. The van der Waals surface area contributed by atoms with Crippen LogP contribution in [-0.2, 0) is 19.4 Å². The summed E-state index contributed by atoms with van der Waals surface area (Å²) in [6.07, 6.45) is 4.28. The number of halogens is 1. The number of rotatable bonds is 4. The fourth-order valence-corrected chi connectivity index (χ4v) is 6.31. The minimum Gasteiger partial charge on any atom is -0.297 e. The molecular weight excluding hydrogens is 459 g/mol. The number of aryl methyl sites for hydroxylation is 3. The fourth-order valence-electron chi connectivity index (χ4n) is 4.24. The van der Waals surface area contributed by atoms with Gasteiger partial charge in [-0.15, -0.1) is 22.7 Å². The van der Waals surface area contributed by atoms with Crippen molar-refractivity contribution in [3.05, 3.63) is 72.8 Å². The Kier molecular flexibility index (Phi) is 5.84. The summed E-state index contributed by atoms with van der Waals surface area (Å²) in [7, 11) is 0. The fraction of sp³-hybridized carbons (Fsp3) is 0.333. The Labute approximate surface area is 198 Å². The third kappa shape index (κ3) is 4.11. The zero-order valence-electron chi connectivity index (χ0n) is 18.4. The number of benzene rings is 1. The maximum absolute atomic E-state index is 14.0. The van der Waals surface area contributed by atoms with Gasteiger partial charge in [-0.05, 0) is 43.9 Å². The second kappa shape index (κ2) is 8.79. The Balaban J connectivity index is 1.43. The highest BCUT2D eigenvalue weighted by atomic mass is 32.1. The SMILES string of the molecule is Cc1nc(NC(=O)c2sc3nc4n(c(=O)c3c2C)CCCCC4)sc1Cc1ccccc1F. The zero-order valence-corrected chi connectivity index (χ0v) is 20.0. The van der Waals surface area contributed by atoms with Crippen molar-refractivity contribution in [2.75, 3.05) is 5.32 Å². The summed E-state index contributed by atoms with van der Waals surface area (Å²) < 4.78 is 15.8. The molecule has 1 N–H and O–H groups in total. The van der Waals surface area contributed by atoms with E-state index < -0.39 is 0 Å². The molecule has 0 unspecified atom stereocenters. The van der Waals surface area contributed by atoms with E-state index in [4.69, 9.17) is 4.98 Å². The highest BCUT2D eigenvalue weighted by Crippen LogP contribution is 2.31. The molecule has 6 nitrogen and oxygen atoms in total. The minimum atomic E-state index is -0.304. The molecule has 0 bridgehead atoms. The number of carbonyl (C=O) groups excluding carboxylic acids is 1. The van der Waals surface area contributed by atoms with E-state index in [2.05, 4.69) is 10.3 Å². The van der Waals surface area contributed by atoms with E-state index in [1.54, 1.807) is 29.7 Å². The molecule has 0 saturated carbocycles. The predicted molar refractivity (Wildman–Crippen MR) is 130 cm³/mol. The largest absolute Gasteiger partial charge is 0.297 e. The number of thiophene rings is 1. The second-order valence-electron chi connectivity index (χ2n) is 8.28. The molecule has 0 radical (unpaired) electrons. The summed E-state index contributed by atoms with van der Waals surface area (Å²) in [4.78, 5) is 37.4. The number of aromatic nitrogens is 3. The third-order valence-corrected chi connectivity index (χ3v) is 8.30. The number of anilines is 1. The minimum absolute atomic E-state index is 0.0537. The standard InChI is InChI=1S/C24H23FN4O2S2/c1-13-19-22(27-18-10-4-3-7-11-29(18)23(19)31)33-20(13)21(30)28-24-26-14(2)17(32-24)12-15-8-5-6-9-16(15)25/h5-6,8-9H,3-4,7,10-12H2,1-2H3,(H,26,28,30). The lowest BCUT2D eigenvalue weighted by atomic mass is 10.1. The van der Waals surface area contributed by atoms with Crippen molar-refractivity contribution in [3.8, 4) is 0 Å². The molecule has 0 spiro atoms. The van der Waals surface area contributed by atoms with Crippen LogP contribution in [0.15, 0.2) is 29.1 Å². The van der Waals surface area contributed by atoms with Gasteiger partial charge in [-0.3, -0.25) is 19.5 Å². The van der Waals surface area contributed by atoms with Crippen LogP contribution in [-0.4, -0.2) is 20.4 Å². The molecule has 0 aliphatic carbocycles. The van der Waals surface area contributed by atoms with Crippen LogP contribution < -0.4 is 10.9 Å². The van der Waals surface area contributed by atoms with E-state index in [9.17, 15) is 14.0 Å². The van der Waals surface area contributed by atoms with E-state index in [0.717, 1.165) is 42.1 Å². The molecule has 0 atom stereocenters. The van der Waals surface area contributed by atoms with E-state index in [1.807, 2.05) is 6.92 Å². The molecule has 4 aromatic rings. The zero-order chi connectivity index (χ0) is 23.1. The van der Waals surface area contributed by atoms with Crippen LogP contribution in [0, 0.1) is 19.7 Å². The van der Waals surface area contributed by atoms with Crippen molar-refractivity contribution in [1.82, 2.24) is 14.5 Å². The van der Waals surface area contributed by atoms with Gasteiger partial charge in [-0.2, -0.15) is 0 Å². The van der Waals surface area contributed by atoms with Gasteiger partial charge in [0.2, 0.25) is 0 Å². The van der Waals surface area contributed by atoms with Crippen LogP contribution in [0.3, 0.4) is 0 Å². The van der Waals surface area contributed by atoms with Crippen molar-refractivity contribution >= 4 is 43.9 Å². The van der Waals surface area contributed by atoms with Crippen LogP contribution in [0.5, 0.6) is 0 Å². The van der Waals surface area contributed by atoms with Gasteiger partial charge in [0.25, 0.3) is 11.5 Å². The van der Waals surface area contributed by atoms with E-state index in [-0.39, 0.29) is 17.3 Å². The molecule has 1 aromatic carbocycles. The molecule has 0 saturated heterocycles. The van der Waals surface area contributed by atoms with E-state index >= 15 is 0 Å². The molecule has 1 amide bonds. The predicted octanol–water partition coefficient (Wildman–Crippen LogP) is 5.24. The number of amides is 1. The van der Waals surface area contributed by atoms with Crippen LogP contribution in [0.25, 0.3) is 10.2 Å². The smallest absolute Gasteiger partial charge is 0.267 e. The van der Waals surface area contributed by atoms with Crippen LogP contribution in [0.2, 0.25) is 0 Å². The van der Waals surface area contributed by atoms with Crippen molar-refractivity contribution in [1.29, 1.82) is 0 Å². The Morgan fingerprint density at radius 1 is 1.15 bits per heavy atom. The van der Waals surface area contributed by atoms with Gasteiger partial charge in [0.15, 0.2) is 5.13 Å². The second-order valence-corrected chi connectivity index (χ2v) is 10.4. The first-order valence-electron chi connectivity index (χ1n) is 11.0. The molecule has 0 fully saturated rings. The lowest BCUT2D eigenvalue weighted by molar-refractivity contribution is 0.103. The molecule has 1 aliphatic rings. The maximum Gasteiger partial charge on any atom is 0.267 e. The molecular formula is C24H23FN4O2S2. The van der Waals surface area contributed by atoms with Gasteiger partial charge in [0, 0.05) is 24.3 Å². The quantitative estimate of drug-likeness (QED) is 0.432. The Morgan fingerprint density at radius 3 is 2.79 bits per heavy atom. The number of carbonyl (C=O) groups is 1. The van der Waals surface area contributed by atoms with E-state index in [0.29, 0.717) is 44.3 Å². The molecule has 3 aromatic heterocycles. The topological polar surface area (TPSA) is 76.9 Å². The van der Waals surface area contributed by atoms with Crippen molar-refractivity contribution in [2.24, 2.45) is 0 Å². The van der Waals surface area contributed by atoms with Gasteiger partial charge in [-0.25, -0.2) is 14.4 Å². The summed E-state index contributed by atoms with van der Waals surface area (Å²) in [5.41, 5.74) is 1.95. The number of hydrogen-bond acceptors (Lipinski definition) is 6. The molecule has 170 valence electrons. The van der Waals surface area contributed by atoms with Gasteiger partial charge >= 0.3 is 0 Å². The first-order chi connectivity index (χ1) is 15.9. The highest BCUT2D eigenvalue weighted by Gasteiger charge is 2.23. The van der Waals surface area contributed by atoms with Crippen LogP contribution in [0.1, 0.15) is 56.5 Å². The number of hydrogen-bond donors (Lipinski definition) is 1. The lowest BCUT2D eigenvalue weighted by Gasteiger charge is -2.08. The van der Waals surface area contributed by atoms with Gasteiger partial charge < -0.3 is 0 Å². The summed E-state index contributed by atoms with van der Waals surface area (Å²) in [6, 6.07) is 6.66. The van der Waals surface area contributed by atoms with Gasteiger partial charge in [-0.1, -0.05) is 24.6 Å². The van der Waals surface area contributed by atoms with E-state index in [1.165, 1.54) is 28.7 Å². The lowest BCUT2D eigenvalue weighted by Crippen LogP contribution is -2.24. The number of nitrogens with one attached hydrogen (secondary N) is 1. The molecule has 5 rings (SSSR count). The Morgan fingerprint density at radius 2 is 1.97 bits per heavy atom.